The topological polar surface area (TPSA) is 46.8 Å². The van der Waals surface area contributed by atoms with Gasteiger partial charge >= 0.3 is 0 Å². The van der Waals surface area contributed by atoms with Crippen LogP contribution in [0, 0.1) is 6.92 Å². The van der Waals surface area contributed by atoms with Crippen molar-refractivity contribution >= 4 is 17.6 Å². The minimum absolute atomic E-state index is 0.0312. The van der Waals surface area contributed by atoms with Gasteiger partial charge in [0.05, 0.1) is 17.0 Å². The summed E-state index contributed by atoms with van der Waals surface area (Å²) < 4.78 is 8.35. The molecule has 0 N–H and O–H groups in total. The molecule has 0 aliphatic carbocycles. The molecule has 1 aliphatic rings. The molecular formula is C22H23N3O2. The number of amides is 1. The molecule has 0 fully saturated rings. The number of hydrogen-bond donors (Lipinski definition) is 0. The molecule has 1 aliphatic heterocycles. The van der Waals surface area contributed by atoms with E-state index in [1.54, 1.807) is 25.1 Å². The number of carbonyl (C=O) groups excluding carboxylic acids is 1. The summed E-state index contributed by atoms with van der Waals surface area (Å²) in [7, 11) is 3.53. The van der Waals surface area contributed by atoms with Crippen molar-refractivity contribution in [1.29, 1.82) is 0 Å². The Morgan fingerprint density at radius 2 is 2.07 bits per heavy atom. The largest absolute Gasteiger partial charge is 0.481 e. The Bertz CT molecular complexity index is 1030. The van der Waals surface area contributed by atoms with Gasteiger partial charge < -0.3 is 9.64 Å². The van der Waals surface area contributed by atoms with Crippen LogP contribution in [-0.4, -0.2) is 34.3 Å². The van der Waals surface area contributed by atoms with E-state index in [9.17, 15) is 4.79 Å². The zero-order valence-corrected chi connectivity index (χ0v) is 15.9. The van der Waals surface area contributed by atoms with E-state index in [4.69, 9.17) is 9.72 Å². The number of aromatic nitrogens is 2. The highest BCUT2D eigenvalue weighted by molar-refractivity contribution is 5.97. The van der Waals surface area contributed by atoms with Crippen LogP contribution in [0.5, 0.6) is 5.75 Å². The number of nitrogens with zero attached hydrogens (tertiary/aromatic N) is 3. The van der Waals surface area contributed by atoms with Crippen LogP contribution in [0.25, 0.3) is 11.7 Å². The van der Waals surface area contributed by atoms with E-state index in [1.807, 2.05) is 35.7 Å². The lowest BCUT2D eigenvalue weighted by molar-refractivity contribution is 0.0823. The first kappa shape index (κ1) is 17.3. The summed E-state index contributed by atoms with van der Waals surface area (Å²) >= 11 is 0. The molecule has 1 amide bonds. The minimum atomic E-state index is -0.0450. The lowest BCUT2D eigenvalue weighted by Gasteiger charge is -2.28. The van der Waals surface area contributed by atoms with Gasteiger partial charge in [-0.05, 0) is 31.4 Å². The number of fused-ring (bicyclic) bond motifs is 3. The molecule has 3 heterocycles. The van der Waals surface area contributed by atoms with Gasteiger partial charge in [0, 0.05) is 25.9 Å². The van der Waals surface area contributed by atoms with E-state index in [-0.39, 0.29) is 12.0 Å². The summed E-state index contributed by atoms with van der Waals surface area (Å²) in [6, 6.07) is 10.2. The number of imidazole rings is 1. The molecule has 0 radical (unpaired) electrons. The van der Waals surface area contributed by atoms with Crippen LogP contribution in [-0.2, 0) is 6.42 Å². The van der Waals surface area contributed by atoms with Crippen molar-refractivity contribution < 1.29 is 9.53 Å². The van der Waals surface area contributed by atoms with E-state index in [2.05, 4.69) is 18.7 Å². The maximum absolute atomic E-state index is 12.8. The Morgan fingerprint density at radius 3 is 2.74 bits per heavy atom. The van der Waals surface area contributed by atoms with E-state index in [0.717, 1.165) is 41.0 Å². The fourth-order valence-corrected chi connectivity index (χ4v) is 3.74. The van der Waals surface area contributed by atoms with Gasteiger partial charge in [0.2, 0.25) is 0 Å². The Morgan fingerprint density at radius 1 is 1.33 bits per heavy atom. The number of carbonyl (C=O) groups is 1. The zero-order valence-electron chi connectivity index (χ0n) is 15.9. The summed E-state index contributed by atoms with van der Waals surface area (Å²) in [6.07, 6.45) is 5.20. The lowest BCUT2D eigenvalue weighted by Crippen LogP contribution is -2.26. The molecule has 0 bridgehead atoms. The van der Waals surface area contributed by atoms with E-state index in [1.165, 1.54) is 0 Å². The molecule has 1 aromatic carbocycles. The van der Waals surface area contributed by atoms with E-state index < -0.39 is 0 Å². The molecule has 1 unspecified atom stereocenters. The number of rotatable bonds is 3. The Balaban J connectivity index is 1.93. The first-order valence-electron chi connectivity index (χ1n) is 9.11. The third kappa shape index (κ3) is 2.79. The van der Waals surface area contributed by atoms with Crippen molar-refractivity contribution in [2.75, 3.05) is 14.1 Å². The fraction of sp³-hybridized carbons (Fsp3) is 0.273. The second-order valence-electron chi connectivity index (χ2n) is 7.09. The number of hydrogen-bond acceptors (Lipinski definition) is 3. The lowest BCUT2D eigenvalue weighted by atomic mass is 9.95. The Hall–Kier alpha value is -3.08. The Labute approximate surface area is 158 Å². The molecular weight excluding hydrogens is 338 g/mol. The quantitative estimate of drug-likeness (QED) is 0.707. The highest BCUT2D eigenvalue weighted by Gasteiger charge is 2.30. The summed E-state index contributed by atoms with van der Waals surface area (Å²) in [6.45, 7) is 5.85. The molecule has 2 aromatic heterocycles. The molecule has 4 rings (SSSR count). The van der Waals surface area contributed by atoms with Crippen molar-refractivity contribution in [1.82, 2.24) is 14.3 Å². The molecule has 5 heteroatoms. The number of ether oxygens (including phenoxy) is 1. The van der Waals surface area contributed by atoms with Crippen LogP contribution < -0.4 is 4.74 Å². The zero-order chi connectivity index (χ0) is 19.1. The third-order valence-corrected chi connectivity index (χ3v) is 5.11. The summed E-state index contributed by atoms with van der Waals surface area (Å²) in [5, 5.41) is 0. The molecule has 0 spiro atoms. The van der Waals surface area contributed by atoms with Gasteiger partial charge in [-0.1, -0.05) is 36.9 Å². The highest BCUT2D eigenvalue weighted by Crippen LogP contribution is 2.40. The third-order valence-electron chi connectivity index (χ3n) is 5.11. The van der Waals surface area contributed by atoms with Crippen LogP contribution in [0.4, 0.5) is 0 Å². The van der Waals surface area contributed by atoms with Crippen LogP contribution in [0.2, 0.25) is 0 Å². The van der Waals surface area contributed by atoms with Gasteiger partial charge in [0.1, 0.15) is 6.10 Å². The molecule has 1 atom stereocenters. The molecule has 27 heavy (non-hydrogen) atoms. The molecule has 5 nitrogen and oxygen atoms in total. The molecule has 0 saturated carbocycles. The average molecular weight is 361 g/mol. The van der Waals surface area contributed by atoms with Crippen LogP contribution >= 0.6 is 0 Å². The first-order valence-corrected chi connectivity index (χ1v) is 9.11. The van der Waals surface area contributed by atoms with Crippen molar-refractivity contribution in [2.24, 2.45) is 0 Å². The SMILES string of the molecule is C=Cc1c(C)nc2c3c(c(C(=O)N(C)C)cn12)CCC(c1ccccc1)O3. The van der Waals surface area contributed by atoms with Gasteiger partial charge in [-0.25, -0.2) is 4.98 Å². The van der Waals surface area contributed by atoms with Crippen LogP contribution in [0.1, 0.15) is 45.4 Å². The predicted molar refractivity (Wildman–Crippen MR) is 106 cm³/mol. The van der Waals surface area contributed by atoms with Gasteiger partial charge in [0.15, 0.2) is 11.4 Å². The monoisotopic (exact) mass is 361 g/mol. The molecule has 3 aromatic rings. The Kier molecular flexibility index (Phi) is 4.22. The summed E-state index contributed by atoms with van der Waals surface area (Å²) in [5.41, 5.74) is 5.23. The smallest absolute Gasteiger partial charge is 0.255 e. The van der Waals surface area contributed by atoms with Gasteiger partial charge in [0.25, 0.3) is 5.91 Å². The van der Waals surface area contributed by atoms with Crippen LogP contribution in [0.15, 0.2) is 43.1 Å². The van der Waals surface area contributed by atoms with Crippen molar-refractivity contribution in [2.45, 2.75) is 25.9 Å². The number of aryl methyl sites for hydroxylation is 1. The van der Waals surface area contributed by atoms with Crippen molar-refractivity contribution in [3.05, 3.63) is 71.2 Å². The standard InChI is InChI=1S/C22H23N3O2/c1-5-18-14(2)23-21-20-16(17(13-25(18)21)22(26)24(3)4)11-12-19(27-20)15-9-7-6-8-10-15/h5-10,13,19H,1,11-12H2,2-4H3. The maximum atomic E-state index is 12.8. The summed E-state index contributed by atoms with van der Waals surface area (Å²) in [5.74, 6) is 0.676. The maximum Gasteiger partial charge on any atom is 0.255 e. The predicted octanol–water partition coefficient (Wildman–Crippen LogP) is 4.05. The first-order chi connectivity index (χ1) is 13.0. The van der Waals surface area contributed by atoms with E-state index in [0.29, 0.717) is 11.3 Å². The number of benzene rings is 1. The fourth-order valence-electron chi connectivity index (χ4n) is 3.74. The van der Waals surface area contributed by atoms with Crippen molar-refractivity contribution in [3.8, 4) is 5.75 Å². The van der Waals surface area contributed by atoms with Gasteiger partial charge in [-0.3, -0.25) is 9.20 Å². The molecule has 0 saturated heterocycles. The average Bonchev–Trinajstić information content (AvgIpc) is 3.02. The van der Waals surface area contributed by atoms with Crippen LogP contribution in [0.3, 0.4) is 0 Å². The normalized spacial score (nSPS) is 15.9. The second-order valence-corrected chi connectivity index (χ2v) is 7.09. The van der Waals surface area contributed by atoms with Gasteiger partial charge in [-0.2, -0.15) is 0 Å². The van der Waals surface area contributed by atoms with Crippen molar-refractivity contribution in [3.63, 3.8) is 0 Å². The molecule has 138 valence electrons. The summed E-state index contributed by atoms with van der Waals surface area (Å²) in [4.78, 5) is 19.1. The second kappa shape index (κ2) is 6.58. The van der Waals surface area contributed by atoms with E-state index >= 15 is 0 Å². The van der Waals surface area contributed by atoms with Gasteiger partial charge in [-0.15, -0.1) is 0 Å². The minimum Gasteiger partial charge on any atom is -0.481 e. The number of pyridine rings is 1. The highest BCUT2D eigenvalue weighted by atomic mass is 16.5.